The standard InChI is InChI=1S/C29H34ClN3O4S/c1-5-26(29(35)31-6-2)32(19-23-12-10-11-15-25(23)30)28(34)20-33(27-17-16-21(3)18-22(27)4)38(36,37)24-13-8-7-9-14-24/h7-18,26H,5-6,19-20H2,1-4H3,(H,31,35). The minimum atomic E-state index is -4.10. The average Bonchev–Trinajstić information content (AvgIpc) is 2.89. The second-order valence-electron chi connectivity index (χ2n) is 9.05. The minimum absolute atomic E-state index is 0.0558. The van der Waals surface area contributed by atoms with E-state index in [4.69, 9.17) is 11.6 Å². The molecule has 1 N–H and O–H groups in total. The van der Waals surface area contributed by atoms with Crippen molar-refractivity contribution in [3.63, 3.8) is 0 Å². The molecule has 0 aliphatic heterocycles. The van der Waals surface area contributed by atoms with Crippen LogP contribution in [0.25, 0.3) is 0 Å². The highest BCUT2D eigenvalue weighted by molar-refractivity contribution is 7.92. The third-order valence-electron chi connectivity index (χ3n) is 6.27. The molecule has 0 saturated carbocycles. The van der Waals surface area contributed by atoms with Crippen molar-refractivity contribution in [1.29, 1.82) is 0 Å². The van der Waals surface area contributed by atoms with Gasteiger partial charge in [-0.25, -0.2) is 8.42 Å². The molecule has 0 heterocycles. The number of likely N-dealkylation sites (N-methyl/N-ethyl adjacent to an activating group) is 1. The summed E-state index contributed by atoms with van der Waals surface area (Å²) in [6.07, 6.45) is 0.344. The van der Waals surface area contributed by atoms with Crippen LogP contribution < -0.4 is 9.62 Å². The number of rotatable bonds is 11. The van der Waals surface area contributed by atoms with E-state index in [0.29, 0.717) is 34.8 Å². The van der Waals surface area contributed by atoms with Crippen molar-refractivity contribution in [2.75, 3.05) is 17.4 Å². The van der Waals surface area contributed by atoms with Gasteiger partial charge in [0.25, 0.3) is 10.0 Å². The molecule has 3 aromatic carbocycles. The van der Waals surface area contributed by atoms with Gasteiger partial charge in [0.05, 0.1) is 10.6 Å². The zero-order chi connectivity index (χ0) is 27.9. The van der Waals surface area contributed by atoms with Crippen molar-refractivity contribution in [2.24, 2.45) is 0 Å². The summed E-state index contributed by atoms with van der Waals surface area (Å²) < 4.78 is 28.9. The van der Waals surface area contributed by atoms with Gasteiger partial charge in [-0.2, -0.15) is 0 Å². The Bertz CT molecular complexity index is 1380. The van der Waals surface area contributed by atoms with Crippen LogP contribution in [0.4, 0.5) is 5.69 Å². The molecule has 0 fully saturated rings. The number of carbonyl (C=O) groups excluding carboxylic acids is 2. The SMILES string of the molecule is CCNC(=O)C(CC)N(Cc1ccccc1Cl)C(=O)CN(c1ccc(C)cc1C)S(=O)(=O)c1ccccc1. The van der Waals surface area contributed by atoms with Gasteiger partial charge in [-0.15, -0.1) is 0 Å². The molecule has 38 heavy (non-hydrogen) atoms. The van der Waals surface area contributed by atoms with Crippen LogP contribution in [-0.2, 0) is 26.2 Å². The monoisotopic (exact) mass is 555 g/mol. The lowest BCUT2D eigenvalue weighted by Crippen LogP contribution is -2.52. The minimum Gasteiger partial charge on any atom is -0.355 e. The fourth-order valence-electron chi connectivity index (χ4n) is 4.34. The van der Waals surface area contributed by atoms with E-state index in [-0.39, 0.29) is 17.3 Å². The Morgan fingerprint density at radius 2 is 1.61 bits per heavy atom. The first-order valence-corrected chi connectivity index (χ1v) is 14.4. The first-order valence-electron chi connectivity index (χ1n) is 12.6. The molecule has 0 radical (unpaired) electrons. The predicted octanol–water partition coefficient (Wildman–Crippen LogP) is 5.10. The van der Waals surface area contributed by atoms with E-state index in [0.717, 1.165) is 9.87 Å². The van der Waals surface area contributed by atoms with Crippen LogP contribution in [0.5, 0.6) is 0 Å². The summed E-state index contributed by atoms with van der Waals surface area (Å²) in [7, 11) is -4.10. The Morgan fingerprint density at radius 3 is 2.21 bits per heavy atom. The van der Waals surface area contributed by atoms with Crippen molar-refractivity contribution in [2.45, 2.75) is 51.6 Å². The summed E-state index contributed by atoms with van der Waals surface area (Å²) in [4.78, 5) is 28.5. The molecular formula is C29H34ClN3O4S. The number of sulfonamides is 1. The highest BCUT2D eigenvalue weighted by Gasteiger charge is 2.34. The number of anilines is 1. The van der Waals surface area contributed by atoms with E-state index in [1.807, 2.05) is 32.9 Å². The highest BCUT2D eigenvalue weighted by Crippen LogP contribution is 2.28. The zero-order valence-electron chi connectivity index (χ0n) is 22.1. The lowest BCUT2D eigenvalue weighted by Gasteiger charge is -2.33. The molecule has 0 aliphatic carbocycles. The molecule has 2 amide bonds. The van der Waals surface area contributed by atoms with E-state index < -0.39 is 28.5 Å². The molecular weight excluding hydrogens is 522 g/mol. The number of aryl methyl sites for hydroxylation is 2. The van der Waals surface area contributed by atoms with Gasteiger partial charge in [-0.3, -0.25) is 13.9 Å². The van der Waals surface area contributed by atoms with Crippen LogP contribution in [0, 0.1) is 13.8 Å². The quantitative estimate of drug-likeness (QED) is 0.357. The van der Waals surface area contributed by atoms with Gasteiger partial charge in [0.1, 0.15) is 12.6 Å². The second kappa shape index (κ2) is 12.9. The van der Waals surface area contributed by atoms with Crippen molar-refractivity contribution >= 4 is 39.1 Å². The summed E-state index contributed by atoms with van der Waals surface area (Å²) in [5.74, 6) is -0.818. The van der Waals surface area contributed by atoms with Gasteiger partial charge in [-0.05, 0) is 62.6 Å². The maximum Gasteiger partial charge on any atom is 0.264 e. The molecule has 0 aliphatic rings. The van der Waals surface area contributed by atoms with Crippen LogP contribution in [0.15, 0.2) is 77.7 Å². The van der Waals surface area contributed by atoms with Crippen LogP contribution in [0.1, 0.15) is 37.0 Å². The highest BCUT2D eigenvalue weighted by atomic mass is 35.5. The maximum atomic E-state index is 14.0. The third kappa shape index (κ3) is 6.74. The Labute approximate surface area is 230 Å². The van der Waals surface area contributed by atoms with E-state index in [1.54, 1.807) is 55.5 Å². The van der Waals surface area contributed by atoms with Crippen LogP contribution >= 0.6 is 11.6 Å². The maximum absolute atomic E-state index is 14.0. The fourth-order valence-corrected chi connectivity index (χ4v) is 6.04. The summed E-state index contributed by atoms with van der Waals surface area (Å²) >= 11 is 6.41. The van der Waals surface area contributed by atoms with Gasteiger partial charge >= 0.3 is 0 Å². The Kier molecular flexibility index (Phi) is 9.94. The zero-order valence-corrected chi connectivity index (χ0v) is 23.7. The summed E-state index contributed by atoms with van der Waals surface area (Å²) in [5.41, 5.74) is 2.74. The Balaban J connectivity index is 2.10. The second-order valence-corrected chi connectivity index (χ2v) is 11.3. The van der Waals surface area contributed by atoms with Crippen molar-refractivity contribution in [1.82, 2.24) is 10.2 Å². The number of hydrogen-bond acceptors (Lipinski definition) is 4. The normalized spacial score (nSPS) is 12.0. The topological polar surface area (TPSA) is 86.8 Å². The van der Waals surface area contributed by atoms with Crippen molar-refractivity contribution in [3.05, 3.63) is 94.5 Å². The van der Waals surface area contributed by atoms with Crippen LogP contribution in [0.2, 0.25) is 5.02 Å². The summed E-state index contributed by atoms with van der Waals surface area (Å²) in [5, 5.41) is 3.25. The predicted molar refractivity (Wildman–Crippen MR) is 152 cm³/mol. The van der Waals surface area contributed by atoms with Gasteiger partial charge in [-0.1, -0.05) is 72.6 Å². The first kappa shape index (κ1) is 29.2. The van der Waals surface area contributed by atoms with E-state index in [9.17, 15) is 18.0 Å². The Hall–Kier alpha value is -3.36. The number of halogens is 1. The molecule has 7 nitrogen and oxygen atoms in total. The van der Waals surface area contributed by atoms with E-state index in [2.05, 4.69) is 5.32 Å². The van der Waals surface area contributed by atoms with E-state index >= 15 is 0 Å². The molecule has 0 spiro atoms. The number of nitrogens with one attached hydrogen (secondary N) is 1. The lowest BCUT2D eigenvalue weighted by atomic mass is 10.1. The molecule has 9 heteroatoms. The largest absolute Gasteiger partial charge is 0.355 e. The average molecular weight is 556 g/mol. The molecule has 0 bridgehead atoms. The van der Waals surface area contributed by atoms with Crippen LogP contribution in [0.3, 0.4) is 0 Å². The van der Waals surface area contributed by atoms with Gasteiger partial charge in [0, 0.05) is 18.1 Å². The van der Waals surface area contributed by atoms with Crippen LogP contribution in [-0.4, -0.2) is 44.3 Å². The Morgan fingerprint density at radius 1 is 0.947 bits per heavy atom. The number of hydrogen-bond donors (Lipinski definition) is 1. The molecule has 1 unspecified atom stereocenters. The van der Waals surface area contributed by atoms with Crippen molar-refractivity contribution < 1.29 is 18.0 Å². The summed E-state index contributed by atoms with van der Waals surface area (Å²) in [6, 6.07) is 19.7. The fraction of sp³-hybridized carbons (Fsp3) is 0.310. The van der Waals surface area contributed by atoms with Gasteiger partial charge < -0.3 is 10.2 Å². The molecule has 3 rings (SSSR count). The third-order valence-corrected chi connectivity index (χ3v) is 8.41. The number of carbonyl (C=O) groups is 2. The van der Waals surface area contributed by atoms with E-state index in [1.165, 1.54) is 17.0 Å². The van der Waals surface area contributed by atoms with Gasteiger partial charge in [0.15, 0.2) is 0 Å². The van der Waals surface area contributed by atoms with Crippen molar-refractivity contribution in [3.8, 4) is 0 Å². The molecule has 1 atom stereocenters. The first-order chi connectivity index (χ1) is 18.1. The number of benzene rings is 3. The molecule has 0 aromatic heterocycles. The number of amides is 2. The molecule has 202 valence electrons. The number of nitrogens with zero attached hydrogens (tertiary/aromatic N) is 2. The lowest BCUT2D eigenvalue weighted by molar-refractivity contribution is -0.140. The van der Waals surface area contributed by atoms with Gasteiger partial charge in [0.2, 0.25) is 11.8 Å². The smallest absolute Gasteiger partial charge is 0.264 e. The summed E-state index contributed by atoms with van der Waals surface area (Å²) in [6.45, 7) is 7.32. The molecule has 0 saturated heterocycles. The molecule has 3 aromatic rings.